The van der Waals surface area contributed by atoms with Gasteiger partial charge in [0.25, 0.3) is 0 Å². The maximum Gasteiger partial charge on any atom is 0.321 e. The smallest absolute Gasteiger partial charge is 0.321 e. The van der Waals surface area contributed by atoms with E-state index in [-0.39, 0.29) is 12.0 Å². The first-order chi connectivity index (χ1) is 8.71. The lowest BCUT2D eigenvalue weighted by Crippen LogP contribution is -2.40. The predicted molar refractivity (Wildman–Crippen MR) is 77.2 cm³/mol. The number of carboxylic acids is 1. The summed E-state index contributed by atoms with van der Waals surface area (Å²) in [5.74, 6) is -0.979. The maximum atomic E-state index is 10.6. The molecule has 1 rings (SSSR count). The lowest BCUT2D eigenvalue weighted by atomic mass is 9.85. The molecule has 0 aromatic heterocycles. The van der Waals surface area contributed by atoms with Crippen LogP contribution in [0.15, 0.2) is 18.2 Å². The molecule has 0 radical (unpaired) electrons. The summed E-state index contributed by atoms with van der Waals surface area (Å²) in [7, 11) is 0. The van der Waals surface area contributed by atoms with E-state index in [0.29, 0.717) is 6.54 Å². The molecule has 0 saturated heterocycles. The van der Waals surface area contributed by atoms with Gasteiger partial charge in [-0.05, 0) is 29.0 Å². The highest BCUT2D eigenvalue weighted by Crippen LogP contribution is 2.24. The summed E-state index contributed by atoms with van der Waals surface area (Å²) in [6.07, 6.45) is 0. The van der Waals surface area contributed by atoms with E-state index in [9.17, 15) is 4.79 Å². The van der Waals surface area contributed by atoms with Gasteiger partial charge in [0, 0.05) is 13.1 Å². The second-order valence-electron chi connectivity index (χ2n) is 5.97. The van der Waals surface area contributed by atoms with Crippen LogP contribution in [0, 0.1) is 6.92 Å². The van der Waals surface area contributed by atoms with Crippen LogP contribution in [0.2, 0.25) is 0 Å². The molecule has 19 heavy (non-hydrogen) atoms. The Balaban J connectivity index is 2.70. The molecule has 0 aliphatic carbocycles. The first-order valence-electron chi connectivity index (χ1n) is 6.51. The Bertz CT molecular complexity index is 450. The summed E-state index contributed by atoms with van der Waals surface area (Å²) in [5, 5.41) is 11.8. The fourth-order valence-corrected chi connectivity index (χ4v) is 1.78. The quantitative estimate of drug-likeness (QED) is 0.758. The Morgan fingerprint density at radius 3 is 2.58 bits per heavy atom. The average molecular weight is 264 g/mol. The molecule has 0 aliphatic rings. The fourth-order valence-electron chi connectivity index (χ4n) is 1.78. The van der Waals surface area contributed by atoms with Gasteiger partial charge in [-0.3, -0.25) is 4.79 Å². The predicted octanol–water partition coefficient (Wildman–Crippen LogP) is 1.79. The van der Waals surface area contributed by atoms with Gasteiger partial charge >= 0.3 is 5.97 Å². The summed E-state index contributed by atoms with van der Waals surface area (Å²) in [4.78, 5) is 10.6. The molecule has 106 valence electrons. The summed E-state index contributed by atoms with van der Waals surface area (Å²) < 4.78 is 0. The van der Waals surface area contributed by atoms with Crippen molar-refractivity contribution in [3.8, 4) is 0 Å². The van der Waals surface area contributed by atoms with Gasteiger partial charge in [0.1, 0.15) is 6.04 Å². The molecule has 4 heteroatoms. The zero-order chi connectivity index (χ0) is 14.6. The number of aryl methyl sites for hydroxylation is 1. The third kappa shape index (κ3) is 4.65. The van der Waals surface area contributed by atoms with Crippen LogP contribution in [-0.4, -0.2) is 23.7 Å². The highest BCUT2D eigenvalue weighted by atomic mass is 16.4. The Hall–Kier alpha value is -1.39. The molecule has 0 spiro atoms. The van der Waals surface area contributed by atoms with Crippen LogP contribution in [0.5, 0.6) is 0 Å². The van der Waals surface area contributed by atoms with E-state index >= 15 is 0 Å². The van der Waals surface area contributed by atoms with E-state index in [1.54, 1.807) is 0 Å². The van der Waals surface area contributed by atoms with Crippen molar-refractivity contribution in [3.63, 3.8) is 0 Å². The van der Waals surface area contributed by atoms with Crippen LogP contribution in [-0.2, 0) is 16.8 Å². The maximum absolute atomic E-state index is 10.6. The summed E-state index contributed by atoms with van der Waals surface area (Å²) in [6, 6.07) is 5.57. The first kappa shape index (κ1) is 15.7. The standard InChI is InChI=1S/C15H24N2O2/c1-10-5-6-12(15(2,3)4)7-11(10)8-17-9-13(16)14(18)19/h5-7,13,17H,8-9,16H2,1-4H3,(H,18,19). The minimum atomic E-state index is -0.979. The number of carboxylic acid groups (broad SMARTS) is 1. The van der Waals surface area contributed by atoms with Gasteiger partial charge in [-0.1, -0.05) is 39.0 Å². The second-order valence-corrected chi connectivity index (χ2v) is 5.97. The number of aliphatic carboxylic acids is 1. The van der Waals surface area contributed by atoms with Crippen molar-refractivity contribution < 1.29 is 9.90 Å². The van der Waals surface area contributed by atoms with Crippen molar-refractivity contribution >= 4 is 5.97 Å². The molecular weight excluding hydrogens is 240 g/mol. The lowest BCUT2D eigenvalue weighted by Gasteiger charge is -2.21. The van der Waals surface area contributed by atoms with Gasteiger partial charge in [0.05, 0.1) is 0 Å². The first-order valence-corrected chi connectivity index (χ1v) is 6.51. The molecule has 4 N–H and O–H groups in total. The third-order valence-electron chi connectivity index (χ3n) is 3.21. The zero-order valence-corrected chi connectivity index (χ0v) is 12.2. The molecule has 0 aliphatic heterocycles. The number of rotatable bonds is 5. The van der Waals surface area contributed by atoms with Crippen LogP contribution in [0.3, 0.4) is 0 Å². The average Bonchev–Trinajstić information content (AvgIpc) is 2.29. The van der Waals surface area contributed by atoms with E-state index < -0.39 is 12.0 Å². The van der Waals surface area contributed by atoms with Crippen molar-refractivity contribution in [1.29, 1.82) is 0 Å². The molecule has 1 aromatic rings. The molecule has 1 unspecified atom stereocenters. The van der Waals surface area contributed by atoms with Crippen molar-refractivity contribution in [2.24, 2.45) is 5.73 Å². The van der Waals surface area contributed by atoms with E-state index in [2.05, 4.69) is 51.2 Å². The minimum Gasteiger partial charge on any atom is -0.480 e. The lowest BCUT2D eigenvalue weighted by molar-refractivity contribution is -0.138. The number of nitrogens with one attached hydrogen (secondary N) is 1. The van der Waals surface area contributed by atoms with E-state index in [1.165, 1.54) is 16.7 Å². The third-order valence-corrected chi connectivity index (χ3v) is 3.21. The van der Waals surface area contributed by atoms with Crippen LogP contribution in [0.4, 0.5) is 0 Å². The van der Waals surface area contributed by atoms with Crippen LogP contribution < -0.4 is 11.1 Å². The van der Waals surface area contributed by atoms with E-state index in [0.717, 1.165) is 0 Å². The van der Waals surface area contributed by atoms with Gasteiger partial charge in [-0.25, -0.2) is 0 Å². The normalized spacial score (nSPS) is 13.3. The molecule has 0 saturated carbocycles. The molecule has 0 fully saturated rings. The molecular formula is C15H24N2O2. The summed E-state index contributed by atoms with van der Waals surface area (Å²) >= 11 is 0. The van der Waals surface area contributed by atoms with Crippen molar-refractivity contribution in [2.45, 2.75) is 45.7 Å². The largest absolute Gasteiger partial charge is 0.480 e. The van der Waals surface area contributed by atoms with Gasteiger partial charge in [0.2, 0.25) is 0 Å². The summed E-state index contributed by atoms with van der Waals surface area (Å²) in [5.41, 5.74) is 9.23. The highest BCUT2D eigenvalue weighted by Gasteiger charge is 2.15. The van der Waals surface area contributed by atoms with Crippen molar-refractivity contribution in [1.82, 2.24) is 5.32 Å². The Morgan fingerprint density at radius 1 is 1.42 bits per heavy atom. The van der Waals surface area contributed by atoms with Gasteiger partial charge in [-0.2, -0.15) is 0 Å². The zero-order valence-electron chi connectivity index (χ0n) is 12.2. The monoisotopic (exact) mass is 264 g/mol. The van der Waals surface area contributed by atoms with E-state index in [1.807, 2.05) is 0 Å². The summed E-state index contributed by atoms with van der Waals surface area (Å²) in [6.45, 7) is 9.49. The fraction of sp³-hybridized carbons (Fsp3) is 0.533. The van der Waals surface area contributed by atoms with Crippen molar-refractivity contribution in [2.75, 3.05) is 6.54 Å². The number of nitrogens with two attached hydrogens (primary N) is 1. The SMILES string of the molecule is Cc1ccc(C(C)(C)C)cc1CNCC(N)C(=O)O. The van der Waals surface area contributed by atoms with Crippen LogP contribution in [0.25, 0.3) is 0 Å². The molecule has 1 aromatic carbocycles. The van der Waals surface area contributed by atoms with Gasteiger partial charge < -0.3 is 16.2 Å². The van der Waals surface area contributed by atoms with Crippen LogP contribution >= 0.6 is 0 Å². The molecule has 0 amide bonds. The number of hydrogen-bond acceptors (Lipinski definition) is 3. The Morgan fingerprint density at radius 2 is 2.05 bits per heavy atom. The molecule has 4 nitrogen and oxygen atoms in total. The van der Waals surface area contributed by atoms with Crippen molar-refractivity contribution in [3.05, 3.63) is 34.9 Å². The van der Waals surface area contributed by atoms with E-state index in [4.69, 9.17) is 10.8 Å². The van der Waals surface area contributed by atoms with Gasteiger partial charge in [0.15, 0.2) is 0 Å². The Kier molecular flexibility index (Phi) is 5.09. The molecule has 1 atom stereocenters. The molecule has 0 heterocycles. The highest BCUT2D eigenvalue weighted by molar-refractivity contribution is 5.73. The minimum absolute atomic E-state index is 0.111. The van der Waals surface area contributed by atoms with Gasteiger partial charge in [-0.15, -0.1) is 0 Å². The van der Waals surface area contributed by atoms with Crippen LogP contribution in [0.1, 0.15) is 37.5 Å². The number of hydrogen-bond donors (Lipinski definition) is 3. The number of benzene rings is 1. The topological polar surface area (TPSA) is 75.3 Å². The molecule has 0 bridgehead atoms. The number of carbonyl (C=O) groups is 1. The second kappa shape index (κ2) is 6.17. The Labute approximate surface area is 115 Å².